The first-order valence-corrected chi connectivity index (χ1v) is 8.16. The fraction of sp³-hybridized carbons (Fsp3) is 0.438. The summed E-state index contributed by atoms with van der Waals surface area (Å²) in [6, 6.07) is 10.8. The van der Waals surface area contributed by atoms with E-state index in [1.54, 1.807) is 11.8 Å². The second-order valence-corrected chi connectivity index (χ2v) is 6.18. The van der Waals surface area contributed by atoms with Crippen LogP contribution in [0.3, 0.4) is 0 Å². The Bertz CT molecular complexity index is 569. The van der Waals surface area contributed by atoms with Crippen molar-refractivity contribution in [2.45, 2.75) is 31.7 Å². The number of aliphatic hydroxyl groups excluding tert-OH is 1. The van der Waals surface area contributed by atoms with E-state index in [0.717, 1.165) is 17.8 Å². The molecule has 2 unspecified atom stereocenters. The maximum atomic E-state index is 9.29. The number of rotatable bonds is 6. The zero-order valence-electron chi connectivity index (χ0n) is 12.3. The molecule has 108 valence electrons. The molecule has 4 heteroatoms. The van der Waals surface area contributed by atoms with Crippen molar-refractivity contribution >= 4 is 22.7 Å². The van der Waals surface area contributed by atoms with Gasteiger partial charge in [0.1, 0.15) is 0 Å². The third kappa shape index (κ3) is 3.72. The number of pyridine rings is 1. The lowest BCUT2D eigenvalue weighted by molar-refractivity contribution is 0.276. The molecule has 2 N–H and O–H groups in total. The average molecular weight is 290 g/mol. The van der Waals surface area contributed by atoms with Crippen molar-refractivity contribution in [2.24, 2.45) is 0 Å². The summed E-state index contributed by atoms with van der Waals surface area (Å²) < 4.78 is 0. The molecule has 3 nitrogen and oxygen atoms in total. The Balaban J connectivity index is 2.05. The van der Waals surface area contributed by atoms with Gasteiger partial charge in [-0.3, -0.25) is 4.98 Å². The summed E-state index contributed by atoms with van der Waals surface area (Å²) in [5, 5.41) is 14.2. The van der Waals surface area contributed by atoms with Crippen LogP contribution in [0.1, 0.15) is 18.2 Å². The Hall–Kier alpha value is -1.10. The molecule has 2 rings (SSSR count). The minimum atomic E-state index is 0.205. The number of hydrogen-bond acceptors (Lipinski definition) is 4. The molecular formula is C16H22N2OS. The van der Waals surface area contributed by atoms with Crippen molar-refractivity contribution in [3.63, 3.8) is 0 Å². The van der Waals surface area contributed by atoms with Crippen LogP contribution in [0.4, 0.5) is 0 Å². The molecule has 0 fully saturated rings. The minimum absolute atomic E-state index is 0.205. The normalized spacial score (nSPS) is 14.4. The fourth-order valence-electron chi connectivity index (χ4n) is 2.23. The number of aromatic nitrogens is 1. The van der Waals surface area contributed by atoms with E-state index in [0.29, 0.717) is 0 Å². The Labute approximate surface area is 124 Å². The summed E-state index contributed by atoms with van der Waals surface area (Å²) in [6.07, 6.45) is 2.03. The quantitative estimate of drug-likeness (QED) is 0.858. The van der Waals surface area contributed by atoms with Gasteiger partial charge in [-0.2, -0.15) is 11.8 Å². The van der Waals surface area contributed by atoms with Crippen LogP contribution < -0.4 is 5.32 Å². The Morgan fingerprint density at radius 2 is 2.10 bits per heavy atom. The second kappa shape index (κ2) is 7.07. The molecule has 0 aliphatic heterocycles. The molecule has 1 heterocycles. The molecule has 0 bridgehead atoms. The van der Waals surface area contributed by atoms with Gasteiger partial charge >= 0.3 is 0 Å². The summed E-state index contributed by atoms with van der Waals surface area (Å²) in [5.74, 6) is 0. The first-order valence-electron chi connectivity index (χ1n) is 6.87. The number of aliphatic hydroxyl groups is 1. The molecule has 0 saturated heterocycles. The van der Waals surface area contributed by atoms with Gasteiger partial charge in [-0.25, -0.2) is 0 Å². The zero-order chi connectivity index (χ0) is 14.5. The topological polar surface area (TPSA) is 45.1 Å². The van der Waals surface area contributed by atoms with Gasteiger partial charge in [0, 0.05) is 28.9 Å². The number of aryl methyl sites for hydroxylation is 1. The smallest absolute Gasteiger partial charge is 0.0705 e. The van der Waals surface area contributed by atoms with Crippen molar-refractivity contribution in [3.8, 4) is 0 Å². The molecule has 2 aromatic rings. The van der Waals surface area contributed by atoms with E-state index in [1.807, 2.05) is 19.2 Å². The van der Waals surface area contributed by atoms with Crippen LogP contribution in [0.2, 0.25) is 0 Å². The SMILES string of the molecule is CSC(CO)C(C)NCc1ccc2nc(C)ccc2c1. The predicted octanol–water partition coefficient (Wildman–Crippen LogP) is 2.75. The monoisotopic (exact) mass is 290 g/mol. The fourth-order valence-corrected chi connectivity index (χ4v) is 2.89. The van der Waals surface area contributed by atoms with Crippen molar-refractivity contribution in [2.75, 3.05) is 12.9 Å². The molecule has 0 amide bonds. The van der Waals surface area contributed by atoms with E-state index in [2.05, 4.69) is 41.5 Å². The number of nitrogens with one attached hydrogen (secondary N) is 1. The van der Waals surface area contributed by atoms with Crippen LogP contribution in [0.5, 0.6) is 0 Å². The van der Waals surface area contributed by atoms with Gasteiger partial charge in [-0.1, -0.05) is 12.1 Å². The predicted molar refractivity (Wildman–Crippen MR) is 87.2 cm³/mol. The van der Waals surface area contributed by atoms with Gasteiger partial charge in [0.2, 0.25) is 0 Å². The van der Waals surface area contributed by atoms with Gasteiger partial charge in [0.25, 0.3) is 0 Å². The lowest BCUT2D eigenvalue weighted by atomic mass is 10.1. The van der Waals surface area contributed by atoms with Crippen molar-refractivity contribution in [1.82, 2.24) is 10.3 Å². The van der Waals surface area contributed by atoms with Crippen molar-refractivity contribution in [1.29, 1.82) is 0 Å². The number of hydrogen-bond donors (Lipinski definition) is 2. The Morgan fingerprint density at radius 3 is 2.80 bits per heavy atom. The molecule has 1 aromatic carbocycles. The van der Waals surface area contributed by atoms with Crippen LogP contribution in [-0.2, 0) is 6.54 Å². The van der Waals surface area contributed by atoms with Crippen LogP contribution in [0.15, 0.2) is 30.3 Å². The highest BCUT2D eigenvalue weighted by Crippen LogP contribution is 2.16. The summed E-state index contributed by atoms with van der Waals surface area (Å²) in [5.41, 5.74) is 3.33. The van der Waals surface area contributed by atoms with Gasteiger partial charge < -0.3 is 10.4 Å². The highest BCUT2D eigenvalue weighted by molar-refractivity contribution is 7.99. The largest absolute Gasteiger partial charge is 0.395 e. The molecule has 0 aliphatic rings. The van der Waals surface area contributed by atoms with E-state index < -0.39 is 0 Å². The van der Waals surface area contributed by atoms with Crippen LogP contribution in [-0.4, -0.2) is 34.2 Å². The van der Waals surface area contributed by atoms with E-state index in [-0.39, 0.29) is 17.9 Å². The van der Waals surface area contributed by atoms with Crippen LogP contribution in [0, 0.1) is 6.92 Å². The van der Waals surface area contributed by atoms with Gasteiger partial charge in [0.15, 0.2) is 0 Å². The van der Waals surface area contributed by atoms with E-state index in [4.69, 9.17) is 0 Å². The molecule has 20 heavy (non-hydrogen) atoms. The standard InChI is InChI=1S/C16H22N2OS/c1-11-4-6-14-8-13(5-7-15(14)18-11)9-17-12(2)16(10-19)20-3/h4-8,12,16-17,19H,9-10H2,1-3H3. The molecule has 2 atom stereocenters. The summed E-state index contributed by atoms with van der Waals surface area (Å²) in [7, 11) is 0. The summed E-state index contributed by atoms with van der Waals surface area (Å²) >= 11 is 1.69. The third-order valence-electron chi connectivity index (χ3n) is 3.56. The molecule has 0 radical (unpaired) electrons. The van der Waals surface area contributed by atoms with E-state index >= 15 is 0 Å². The molecule has 1 aromatic heterocycles. The van der Waals surface area contributed by atoms with Crippen molar-refractivity contribution < 1.29 is 5.11 Å². The zero-order valence-corrected chi connectivity index (χ0v) is 13.1. The Morgan fingerprint density at radius 1 is 1.30 bits per heavy atom. The number of nitrogens with zero attached hydrogens (tertiary/aromatic N) is 1. The van der Waals surface area contributed by atoms with Gasteiger partial charge in [-0.05, 0) is 43.9 Å². The molecule has 0 saturated carbocycles. The molecule has 0 spiro atoms. The van der Waals surface area contributed by atoms with Crippen molar-refractivity contribution in [3.05, 3.63) is 41.6 Å². The third-order valence-corrected chi connectivity index (χ3v) is 4.72. The maximum Gasteiger partial charge on any atom is 0.0705 e. The van der Waals surface area contributed by atoms with E-state index in [9.17, 15) is 5.11 Å². The first kappa shape index (κ1) is 15.3. The highest BCUT2D eigenvalue weighted by Gasteiger charge is 2.14. The number of benzene rings is 1. The van der Waals surface area contributed by atoms with E-state index in [1.165, 1.54) is 10.9 Å². The van der Waals surface area contributed by atoms with Crippen LogP contribution >= 0.6 is 11.8 Å². The lowest BCUT2D eigenvalue weighted by Gasteiger charge is -2.21. The number of thioether (sulfide) groups is 1. The first-order chi connectivity index (χ1) is 9.63. The Kier molecular flexibility index (Phi) is 5.40. The molecule has 0 aliphatic carbocycles. The van der Waals surface area contributed by atoms with Gasteiger partial charge in [0.05, 0.1) is 12.1 Å². The maximum absolute atomic E-state index is 9.29. The molecular weight excluding hydrogens is 268 g/mol. The lowest BCUT2D eigenvalue weighted by Crippen LogP contribution is -2.37. The number of fused-ring (bicyclic) bond motifs is 1. The average Bonchev–Trinajstić information content (AvgIpc) is 2.46. The van der Waals surface area contributed by atoms with Crippen LogP contribution in [0.25, 0.3) is 10.9 Å². The summed E-state index contributed by atoms with van der Waals surface area (Å²) in [4.78, 5) is 4.51. The minimum Gasteiger partial charge on any atom is -0.395 e. The summed E-state index contributed by atoms with van der Waals surface area (Å²) in [6.45, 7) is 5.13. The van der Waals surface area contributed by atoms with Gasteiger partial charge in [-0.15, -0.1) is 0 Å². The highest BCUT2D eigenvalue weighted by atomic mass is 32.2. The second-order valence-electron chi connectivity index (χ2n) is 5.11.